The maximum Gasteiger partial charge on any atom is 0.289 e. The Hall–Kier alpha value is -2.02. The first-order chi connectivity index (χ1) is 13.2. The molecule has 1 aromatic heterocycles. The van der Waals surface area contributed by atoms with Crippen LogP contribution in [0.5, 0.6) is 0 Å². The average molecular weight is 376 g/mol. The van der Waals surface area contributed by atoms with Gasteiger partial charge in [-0.1, -0.05) is 6.92 Å². The second-order valence-electron chi connectivity index (χ2n) is 7.41. The lowest BCUT2D eigenvalue weighted by atomic mass is 10.1. The minimum Gasteiger partial charge on any atom is -0.459 e. The van der Waals surface area contributed by atoms with Crippen LogP contribution in [0.3, 0.4) is 0 Å². The van der Waals surface area contributed by atoms with Crippen molar-refractivity contribution in [3.05, 3.63) is 24.2 Å². The molecular formula is C20H33N5O2. The summed E-state index contributed by atoms with van der Waals surface area (Å²) in [5.74, 6) is 2.04. The Balaban J connectivity index is 1.51. The van der Waals surface area contributed by atoms with Gasteiger partial charge in [-0.3, -0.25) is 9.79 Å². The maximum atomic E-state index is 12.4. The molecule has 1 unspecified atom stereocenters. The van der Waals surface area contributed by atoms with Crippen molar-refractivity contribution in [3.8, 4) is 0 Å². The topological polar surface area (TPSA) is 64.3 Å². The van der Waals surface area contributed by atoms with E-state index >= 15 is 0 Å². The maximum absolute atomic E-state index is 12.4. The Labute approximate surface area is 162 Å². The number of nitrogens with zero attached hydrogens (tertiary/aromatic N) is 4. The minimum atomic E-state index is -0.0245. The number of furan rings is 1. The zero-order chi connectivity index (χ0) is 19.1. The first-order valence-corrected chi connectivity index (χ1v) is 10.3. The van der Waals surface area contributed by atoms with Crippen LogP contribution in [0.1, 0.15) is 37.2 Å². The summed E-state index contributed by atoms with van der Waals surface area (Å²) in [6.45, 7) is 12.6. The van der Waals surface area contributed by atoms with Crippen molar-refractivity contribution in [2.24, 2.45) is 10.9 Å². The third kappa shape index (κ3) is 5.25. The molecule has 0 aromatic carbocycles. The van der Waals surface area contributed by atoms with E-state index in [-0.39, 0.29) is 5.91 Å². The van der Waals surface area contributed by atoms with Crippen molar-refractivity contribution >= 4 is 11.9 Å². The number of amides is 1. The fourth-order valence-electron chi connectivity index (χ4n) is 3.90. The Morgan fingerprint density at radius 3 is 2.67 bits per heavy atom. The van der Waals surface area contributed by atoms with Crippen LogP contribution in [0, 0.1) is 5.92 Å². The van der Waals surface area contributed by atoms with Crippen LogP contribution in [0.15, 0.2) is 27.8 Å². The average Bonchev–Trinajstić information content (AvgIpc) is 3.37. The summed E-state index contributed by atoms with van der Waals surface area (Å²) in [7, 11) is 0. The lowest BCUT2D eigenvalue weighted by Crippen LogP contribution is -2.53. The van der Waals surface area contributed by atoms with Crippen molar-refractivity contribution in [1.82, 2.24) is 20.0 Å². The van der Waals surface area contributed by atoms with E-state index in [2.05, 4.69) is 29.0 Å². The Kier molecular flexibility index (Phi) is 7.15. The normalized spacial score (nSPS) is 21.7. The van der Waals surface area contributed by atoms with Gasteiger partial charge < -0.3 is 24.4 Å². The molecule has 0 bridgehead atoms. The van der Waals surface area contributed by atoms with Crippen LogP contribution in [-0.4, -0.2) is 85.5 Å². The molecule has 2 aliphatic rings. The molecule has 0 saturated carbocycles. The number of likely N-dealkylation sites (tertiary alicyclic amines) is 1. The molecule has 1 aromatic rings. The molecule has 2 saturated heterocycles. The smallest absolute Gasteiger partial charge is 0.289 e. The number of hydrogen-bond acceptors (Lipinski definition) is 4. The predicted octanol–water partition coefficient (Wildman–Crippen LogP) is 1.73. The van der Waals surface area contributed by atoms with Gasteiger partial charge in [0.1, 0.15) is 0 Å². The number of rotatable bonds is 6. The second-order valence-corrected chi connectivity index (χ2v) is 7.41. The van der Waals surface area contributed by atoms with Crippen LogP contribution in [0.25, 0.3) is 0 Å². The van der Waals surface area contributed by atoms with E-state index in [0.29, 0.717) is 24.8 Å². The SMILES string of the molecule is CCCN1CCC(CN=C(NCC)N2CCN(C(=O)c3ccco3)CC2)C1. The van der Waals surface area contributed by atoms with Gasteiger partial charge in [-0.25, -0.2) is 0 Å². The van der Waals surface area contributed by atoms with Crippen LogP contribution in [0.4, 0.5) is 0 Å². The van der Waals surface area contributed by atoms with Crippen molar-refractivity contribution in [2.75, 3.05) is 58.9 Å². The quantitative estimate of drug-likeness (QED) is 0.606. The number of piperazine rings is 1. The zero-order valence-corrected chi connectivity index (χ0v) is 16.7. The largest absolute Gasteiger partial charge is 0.459 e. The first kappa shape index (κ1) is 19.7. The molecule has 1 N–H and O–H groups in total. The number of guanidine groups is 1. The van der Waals surface area contributed by atoms with E-state index in [9.17, 15) is 4.79 Å². The highest BCUT2D eigenvalue weighted by atomic mass is 16.3. The number of aliphatic imine (C=N–C) groups is 1. The molecule has 150 valence electrons. The van der Waals surface area contributed by atoms with Gasteiger partial charge in [0.2, 0.25) is 0 Å². The van der Waals surface area contributed by atoms with Crippen molar-refractivity contribution in [2.45, 2.75) is 26.7 Å². The van der Waals surface area contributed by atoms with Gasteiger partial charge in [0.15, 0.2) is 11.7 Å². The van der Waals surface area contributed by atoms with Crippen LogP contribution >= 0.6 is 0 Å². The zero-order valence-electron chi connectivity index (χ0n) is 16.7. The summed E-state index contributed by atoms with van der Waals surface area (Å²) >= 11 is 0. The molecule has 3 heterocycles. The van der Waals surface area contributed by atoms with Gasteiger partial charge in [-0.05, 0) is 50.9 Å². The van der Waals surface area contributed by atoms with E-state index in [1.54, 1.807) is 18.4 Å². The van der Waals surface area contributed by atoms with Gasteiger partial charge in [0, 0.05) is 45.8 Å². The predicted molar refractivity (Wildman–Crippen MR) is 107 cm³/mol. The van der Waals surface area contributed by atoms with E-state index in [4.69, 9.17) is 9.41 Å². The Morgan fingerprint density at radius 1 is 1.22 bits per heavy atom. The number of hydrogen-bond donors (Lipinski definition) is 1. The summed E-state index contributed by atoms with van der Waals surface area (Å²) in [6.07, 6.45) is 4.01. The molecule has 0 aliphatic carbocycles. The standard InChI is InChI=1S/C20H33N5O2/c1-3-8-23-9-7-17(16-23)15-22-20(21-4-2)25-12-10-24(11-13-25)19(26)18-6-5-14-27-18/h5-6,14,17H,3-4,7-13,15-16H2,1-2H3,(H,21,22). The molecule has 7 heteroatoms. The number of nitrogens with one attached hydrogen (secondary N) is 1. The summed E-state index contributed by atoms with van der Waals surface area (Å²) in [6, 6.07) is 3.48. The molecule has 2 fully saturated rings. The molecule has 7 nitrogen and oxygen atoms in total. The third-order valence-electron chi connectivity index (χ3n) is 5.34. The highest BCUT2D eigenvalue weighted by Gasteiger charge is 2.26. The van der Waals surface area contributed by atoms with Crippen molar-refractivity contribution < 1.29 is 9.21 Å². The molecule has 3 rings (SSSR count). The monoisotopic (exact) mass is 375 g/mol. The first-order valence-electron chi connectivity index (χ1n) is 10.3. The number of carbonyl (C=O) groups excluding carboxylic acids is 1. The highest BCUT2D eigenvalue weighted by molar-refractivity contribution is 5.91. The van der Waals surface area contributed by atoms with Gasteiger partial charge >= 0.3 is 0 Å². The van der Waals surface area contributed by atoms with E-state index in [0.717, 1.165) is 32.1 Å². The lowest BCUT2D eigenvalue weighted by molar-refractivity contribution is 0.0657. The molecular weight excluding hydrogens is 342 g/mol. The lowest BCUT2D eigenvalue weighted by Gasteiger charge is -2.36. The van der Waals surface area contributed by atoms with Gasteiger partial charge in [0.25, 0.3) is 5.91 Å². The molecule has 2 aliphatic heterocycles. The molecule has 0 radical (unpaired) electrons. The molecule has 1 atom stereocenters. The van der Waals surface area contributed by atoms with Crippen LogP contribution in [0.2, 0.25) is 0 Å². The number of carbonyl (C=O) groups is 1. The Morgan fingerprint density at radius 2 is 2.00 bits per heavy atom. The summed E-state index contributed by atoms with van der Waals surface area (Å²) in [5.41, 5.74) is 0. The van der Waals surface area contributed by atoms with Crippen molar-refractivity contribution in [3.63, 3.8) is 0 Å². The summed E-state index contributed by atoms with van der Waals surface area (Å²) in [4.78, 5) is 24.0. The second kappa shape index (κ2) is 9.78. The van der Waals surface area contributed by atoms with Crippen LogP contribution < -0.4 is 5.32 Å². The summed E-state index contributed by atoms with van der Waals surface area (Å²) < 4.78 is 5.24. The molecule has 1 amide bonds. The van der Waals surface area contributed by atoms with Gasteiger partial charge in [0.05, 0.1) is 6.26 Å². The van der Waals surface area contributed by atoms with E-state index < -0.39 is 0 Å². The fraction of sp³-hybridized carbons (Fsp3) is 0.700. The molecule has 0 spiro atoms. The Bertz CT molecular complexity index is 608. The fourth-order valence-corrected chi connectivity index (χ4v) is 3.90. The van der Waals surface area contributed by atoms with E-state index in [1.165, 1.54) is 32.5 Å². The molecule has 27 heavy (non-hydrogen) atoms. The van der Waals surface area contributed by atoms with Gasteiger partial charge in [-0.15, -0.1) is 0 Å². The van der Waals surface area contributed by atoms with Gasteiger partial charge in [-0.2, -0.15) is 0 Å². The third-order valence-corrected chi connectivity index (χ3v) is 5.34. The minimum absolute atomic E-state index is 0.0245. The highest BCUT2D eigenvalue weighted by Crippen LogP contribution is 2.17. The van der Waals surface area contributed by atoms with Crippen LogP contribution in [-0.2, 0) is 0 Å². The van der Waals surface area contributed by atoms with E-state index in [1.807, 2.05) is 4.90 Å². The van der Waals surface area contributed by atoms with Crippen molar-refractivity contribution in [1.29, 1.82) is 0 Å². The summed E-state index contributed by atoms with van der Waals surface area (Å²) in [5, 5.41) is 3.42.